The molecule has 22 heavy (non-hydrogen) atoms. The lowest BCUT2D eigenvalue weighted by atomic mass is 10.1. The zero-order chi connectivity index (χ0) is 15.6. The number of anilines is 1. The van der Waals surface area contributed by atoms with Crippen molar-refractivity contribution in [1.29, 1.82) is 0 Å². The predicted molar refractivity (Wildman–Crippen MR) is 84.5 cm³/mol. The van der Waals surface area contributed by atoms with Crippen molar-refractivity contribution in [2.24, 2.45) is 0 Å². The van der Waals surface area contributed by atoms with Crippen LogP contribution in [0.3, 0.4) is 0 Å². The number of nitrogens with two attached hydrogens (primary N) is 1. The van der Waals surface area contributed by atoms with E-state index < -0.39 is 10.0 Å². The second-order valence-electron chi connectivity index (χ2n) is 5.34. The van der Waals surface area contributed by atoms with E-state index in [1.165, 1.54) is 4.31 Å². The van der Waals surface area contributed by atoms with Gasteiger partial charge in [-0.2, -0.15) is 4.31 Å². The molecule has 1 aliphatic rings. The van der Waals surface area contributed by atoms with Crippen LogP contribution in [0.15, 0.2) is 36.5 Å². The Bertz CT molecular complexity index is 762. The van der Waals surface area contributed by atoms with Crippen LogP contribution < -0.4 is 5.73 Å². The van der Waals surface area contributed by atoms with Crippen molar-refractivity contribution in [3.05, 3.63) is 53.3 Å². The van der Waals surface area contributed by atoms with Crippen LogP contribution in [-0.4, -0.2) is 35.0 Å². The van der Waals surface area contributed by atoms with Gasteiger partial charge >= 0.3 is 0 Å². The number of benzene rings is 1. The zero-order valence-electron chi connectivity index (χ0n) is 12.1. The van der Waals surface area contributed by atoms with Gasteiger partial charge in [-0.1, -0.05) is 30.3 Å². The van der Waals surface area contributed by atoms with Gasteiger partial charge in [-0.05, 0) is 24.0 Å². The summed E-state index contributed by atoms with van der Waals surface area (Å²) in [5, 5.41) is 0. The lowest BCUT2D eigenvalue weighted by Gasteiger charge is -2.27. The first-order chi connectivity index (χ1) is 10.5. The lowest BCUT2D eigenvalue weighted by molar-refractivity contribution is 0.385. The highest BCUT2D eigenvalue weighted by Gasteiger charge is 2.27. The first-order valence-electron chi connectivity index (χ1n) is 7.16. The maximum atomic E-state index is 12.5. The fraction of sp³-hybridized carbons (Fsp3) is 0.333. The summed E-state index contributed by atoms with van der Waals surface area (Å²) in [5.74, 6) is 0.287. The van der Waals surface area contributed by atoms with Crippen LogP contribution in [0.1, 0.15) is 16.8 Å². The average molecular weight is 318 g/mol. The first-order valence-corrected chi connectivity index (χ1v) is 8.77. The molecule has 0 aliphatic carbocycles. The SMILES string of the molecule is Nc1ncc2c(n1)CN(S(=O)(=O)CCc1ccccc1)CC2. The van der Waals surface area contributed by atoms with Crippen LogP contribution in [0.4, 0.5) is 5.95 Å². The Labute approximate surface area is 130 Å². The number of aromatic nitrogens is 2. The number of fused-ring (bicyclic) bond motifs is 1. The number of aryl methyl sites for hydroxylation is 1. The fourth-order valence-corrected chi connectivity index (χ4v) is 3.99. The third-order valence-corrected chi connectivity index (χ3v) is 5.63. The van der Waals surface area contributed by atoms with Gasteiger partial charge < -0.3 is 5.73 Å². The molecule has 0 saturated carbocycles. The molecule has 3 rings (SSSR count). The van der Waals surface area contributed by atoms with Crippen molar-refractivity contribution >= 4 is 16.0 Å². The van der Waals surface area contributed by atoms with Gasteiger partial charge in [0.1, 0.15) is 0 Å². The highest BCUT2D eigenvalue weighted by molar-refractivity contribution is 7.89. The van der Waals surface area contributed by atoms with E-state index in [0.29, 0.717) is 25.1 Å². The number of nitrogen functional groups attached to an aromatic ring is 1. The topological polar surface area (TPSA) is 89.2 Å². The summed E-state index contributed by atoms with van der Waals surface area (Å²) >= 11 is 0. The van der Waals surface area contributed by atoms with E-state index in [9.17, 15) is 8.42 Å². The third-order valence-electron chi connectivity index (χ3n) is 3.81. The predicted octanol–water partition coefficient (Wildman–Crippen LogP) is 0.989. The molecule has 0 atom stereocenters. The van der Waals surface area contributed by atoms with Crippen LogP contribution in [0.5, 0.6) is 0 Å². The Morgan fingerprint density at radius 3 is 2.77 bits per heavy atom. The maximum Gasteiger partial charge on any atom is 0.220 e. The van der Waals surface area contributed by atoms with Gasteiger partial charge in [0.2, 0.25) is 16.0 Å². The molecular formula is C15H18N4O2S. The van der Waals surface area contributed by atoms with Gasteiger partial charge in [0.15, 0.2) is 0 Å². The van der Waals surface area contributed by atoms with Gasteiger partial charge in [-0.25, -0.2) is 18.4 Å². The number of hydrogen-bond donors (Lipinski definition) is 1. The Kier molecular flexibility index (Phi) is 4.08. The van der Waals surface area contributed by atoms with Gasteiger partial charge in [-0.3, -0.25) is 0 Å². The monoisotopic (exact) mass is 318 g/mol. The van der Waals surface area contributed by atoms with Gasteiger partial charge in [-0.15, -0.1) is 0 Å². The molecule has 0 amide bonds. The van der Waals surface area contributed by atoms with Crippen LogP contribution >= 0.6 is 0 Å². The Balaban J connectivity index is 1.71. The van der Waals surface area contributed by atoms with Gasteiger partial charge in [0.25, 0.3) is 0 Å². The van der Waals surface area contributed by atoms with E-state index in [1.54, 1.807) is 6.20 Å². The summed E-state index contributed by atoms with van der Waals surface area (Å²) in [5.41, 5.74) is 8.29. The van der Waals surface area contributed by atoms with Crippen LogP contribution in [0, 0.1) is 0 Å². The summed E-state index contributed by atoms with van der Waals surface area (Å²) in [7, 11) is -3.30. The normalized spacial score (nSPS) is 15.5. The van der Waals surface area contributed by atoms with E-state index in [-0.39, 0.29) is 18.2 Å². The largest absolute Gasteiger partial charge is 0.368 e. The highest BCUT2D eigenvalue weighted by Crippen LogP contribution is 2.20. The minimum absolute atomic E-state index is 0.104. The van der Waals surface area contributed by atoms with Crippen molar-refractivity contribution in [2.45, 2.75) is 19.4 Å². The highest BCUT2D eigenvalue weighted by atomic mass is 32.2. The molecule has 1 aromatic heterocycles. The van der Waals surface area contributed by atoms with Crippen molar-refractivity contribution in [3.63, 3.8) is 0 Å². The molecule has 1 aliphatic heterocycles. The average Bonchev–Trinajstić information content (AvgIpc) is 2.53. The van der Waals surface area contributed by atoms with Gasteiger partial charge in [0.05, 0.1) is 18.0 Å². The summed E-state index contributed by atoms with van der Waals surface area (Å²) in [6.45, 7) is 0.747. The molecule has 116 valence electrons. The second-order valence-corrected chi connectivity index (χ2v) is 7.42. The van der Waals surface area contributed by atoms with E-state index in [0.717, 1.165) is 11.1 Å². The van der Waals surface area contributed by atoms with Crippen LogP contribution in [-0.2, 0) is 29.4 Å². The molecule has 0 fully saturated rings. The summed E-state index contributed by atoms with van der Waals surface area (Å²) in [4.78, 5) is 8.11. The molecule has 0 unspecified atom stereocenters. The van der Waals surface area contributed by atoms with Gasteiger partial charge in [0, 0.05) is 12.7 Å². The van der Waals surface area contributed by atoms with Crippen molar-refractivity contribution in [3.8, 4) is 0 Å². The summed E-state index contributed by atoms with van der Waals surface area (Å²) in [6.07, 6.45) is 2.82. The minimum Gasteiger partial charge on any atom is -0.368 e. The Hall–Kier alpha value is -1.99. The summed E-state index contributed by atoms with van der Waals surface area (Å²) in [6, 6.07) is 9.63. The molecule has 2 N–H and O–H groups in total. The minimum atomic E-state index is -3.30. The van der Waals surface area contributed by atoms with E-state index >= 15 is 0 Å². The van der Waals surface area contributed by atoms with Crippen molar-refractivity contribution in [1.82, 2.24) is 14.3 Å². The number of sulfonamides is 1. The number of rotatable bonds is 4. The standard InChI is InChI=1S/C15H18N4O2S/c16-15-17-10-13-6-8-19(11-14(13)18-15)22(20,21)9-7-12-4-2-1-3-5-12/h1-5,10H,6-9,11H2,(H2,16,17,18). The number of nitrogens with zero attached hydrogens (tertiary/aromatic N) is 3. The lowest BCUT2D eigenvalue weighted by Crippen LogP contribution is -2.38. The smallest absolute Gasteiger partial charge is 0.220 e. The Morgan fingerprint density at radius 1 is 1.23 bits per heavy atom. The van der Waals surface area contributed by atoms with Crippen molar-refractivity contribution < 1.29 is 8.42 Å². The molecule has 0 saturated heterocycles. The maximum absolute atomic E-state index is 12.5. The molecule has 0 bridgehead atoms. The molecule has 7 heteroatoms. The Morgan fingerprint density at radius 2 is 2.00 bits per heavy atom. The molecule has 0 radical (unpaired) electrons. The number of hydrogen-bond acceptors (Lipinski definition) is 5. The molecule has 2 heterocycles. The van der Waals surface area contributed by atoms with E-state index in [4.69, 9.17) is 5.73 Å². The second kappa shape index (κ2) is 6.02. The van der Waals surface area contributed by atoms with Crippen LogP contribution in [0.2, 0.25) is 0 Å². The van der Waals surface area contributed by atoms with Crippen LogP contribution in [0.25, 0.3) is 0 Å². The van der Waals surface area contributed by atoms with E-state index in [1.807, 2.05) is 30.3 Å². The zero-order valence-corrected chi connectivity index (χ0v) is 13.0. The fourth-order valence-electron chi connectivity index (χ4n) is 2.55. The van der Waals surface area contributed by atoms with Crippen molar-refractivity contribution in [2.75, 3.05) is 18.0 Å². The van der Waals surface area contributed by atoms with E-state index in [2.05, 4.69) is 9.97 Å². The quantitative estimate of drug-likeness (QED) is 0.908. The molecule has 0 spiro atoms. The molecular weight excluding hydrogens is 300 g/mol. The molecule has 6 nitrogen and oxygen atoms in total. The third kappa shape index (κ3) is 3.26. The molecule has 1 aromatic carbocycles. The first kappa shape index (κ1) is 14.9. The molecule has 2 aromatic rings. The summed E-state index contributed by atoms with van der Waals surface area (Å²) < 4.78 is 26.5.